The molecule has 1 aromatic heterocycles. The van der Waals surface area contributed by atoms with E-state index in [0.717, 1.165) is 25.9 Å². The normalized spacial score (nSPS) is 10.7. The average molecular weight is 228 g/mol. The molecule has 2 N–H and O–H groups in total. The first kappa shape index (κ1) is 9.62. The van der Waals surface area contributed by atoms with Crippen LogP contribution in [0.5, 0.6) is 5.75 Å². The number of hydrogen-bond acceptors (Lipinski definition) is 3. The number of ether oxygens (including phenoxy) is 1. The van der Waals surface area contributed by atoms with Gasteiger partial charge in [-0.05, 0) is 25.1 Å². The minimum Gasteiger partial charge on any atom is -0.492 e. The lowest BCUT2D eigenvalue weighted by Gasteiger charge is -2.04. The Morgan fingerprint density at radius 2 is 2.29 bits per heavy atom. The molecule has 0 aliphatic heterocycles. The first-order chi connectivity index (χ1) is 6.72. The molecule has 2 nitrogen and oxygen atoms in total. The molecule has 4 heteroatoms. The van der Waals surface area contributed by atoms with Crippen molar-refractivity contribution in [3.63, 3.8) is 0 Å². The van der Waals surface area contributed by atoms with Gasteiger partial charge >= 0.3 is 0 Å². The Labute approximate surface area is 91.2 Å². The quantitative estimate of drug-likeness (QED) is 0.797. The van der Waals surface area contributed by atoms with Crippen LogP contribution in [-0.4, -0.2) is 6.61 Å². The Hall–Kier alpha value is -0.930. The molecule has 0 unspecified atom stereocenters. The van der Waals surface area contributed by atoms with Crippen molar-refractivity contribution in [1.82, 2.24) is 0 Å². The summed E-state index contributed by atoms with van der Waals surface area (Å²) in [5.74, 6) is 0.855. The average Bonchev–Trinajstić information content (AvgIpc) is 2.53. The van der Waals surface area contributed by atoms with Crippen molar-refractivity contribution < 1.29 is 4.74 Å². The number of anilines is 1. The Morgan fingerprint density at radius 3 is 3.00 bits per heavy atom. The van der Waals surface area contributed by atoms with E-state index in [9.17, 15) is 0 Å². The minimum atomic E-state index is 0.647. The van der Waals surface area contributed by atoms with Crippen molar-refractivity contribution >= 4 is 38.7 Å². The van der Waals surface area contributed by atoms with Crippen LogP contribution in [0, 0.1) is 0 Å². The molecule has 14 heavy (non-hydrogen) atoms. The number of benzene rings is 1. The van der Waals surface area contributed by atoms with Gasteiger partial charge in [0.25, 0.3) is 0 Å². The Balaban J connectivity index is 2.68. The van der Waals surface area contributed by atoms with Gasteiger partial charge in [0.05, 0.1) is 15.6 Å². The number of nitrogens with two attached hydrogens (primary N) is 1. The highest BCUT2D eigenvalue weighted by atomic mass is 35.5. The third-order valence-corrected chi connectivity index (χ3v) is 3.23. The summed E-state index contributed by atoms with van der Waals surface area (Å²) >= 11 is 7.43. The van der Waals surface area contributed by atoms with E-state index in [2.05, 4.69) is 0 Å². The number of nitrogen functional groups attached to an aromatic ring is 1. The molecule has 0 fully saturated rings. The lowest BCUT2D eigenvalue weighted by atomic mass is 10.2. The number of hydrogen-bond donors (Lipinski definition) is 1. The van der Waals surface area contributed by atoms with E-state index in [0.29, 0.717) is 6.61 Å². The fraction of sp³-hybridized carbons (Fsp3) is 0.200. The van der Waals surface area contributed by atoms with Crippen LogP contribution in [0.2, 0.25) is 4.34 Å². The molecule has 1 aromatic carbocycles. The number of halogens is 1. The van der Waals surface area contributed by atoms with Crippen molar-refractivity contribution in [2.45, 2.75) is 6.92 Å². The van der Waals surface area contributed by atoms with Crippen LogP contribution in [0.1, 0.15) is 6.92 Å². The molecule has 0 bridgehead atoms. The van der Waals surface area contributed by atoms with Gasteiger partial charge in [0, 0.05) is 11.1 Å². The van der Waals surface area contributed by atoms with E-state index >= 15 is 0 Å². The maximum absolute atomic E-state index is 5.93. The van der Waals surface area contributed by atoms with E-state index in [4.69, 9.17) is 22.1 Å². The van der Waals surface area contributed by atoms with Crippen LogP contribution in [0.3, 0.4) is 0 Å². The monoisotopic (exact) mass is 227 g/mol. The van der Waals surface area contributed by atoms with E-state index in [-0.39, 0.29) is 0 Å². The smallest absolute Gasteiger partial charge is 0.137 e. The van der Waals surface area contributed by atoms with Gasteiger partial charge in [0.2, 0.25) is 0 Å². The highest BCUT2D eigenvalue weighted by Crippen LogP contribution is 2.39. The predicted molar refractivity (Wildman–Crippen MR) is 62.4 cm³/mol. The third kappa shape index (κ3) is 1.53. The molecule has 0 saturated heterocycles. The van der Waals surface area contributed by atoms with Gasteiger partial charge in [0.1, 0.15) is 5.75 Å². The molecular formula is C10H10ClNOS. The van der Waals surface area contributed by atoms with Crippen molar-refractivity contribution in [3.05, 3.63) is 22.5 Å². The molecule has 0 saturated carbocycles. The number of rotatable bonds is 2. The standard InChI is InChI=1S/C10H10ClNOS/c1-2-13-8-4-3-7(12)6-5-9(11)14-10(6)8/h3-5H,2,12H2,1H3. The van der Waals surface area contributed by atoms with Crippen molar-refractivity contribution in [3.8, 4) is 5.75 Å². The molecule has 74 valence electrons. The molecule has 2 rings (SSSR count). The Morgan fingerprint density at radius 1 is 1.50 bits per heavy atom. The molecule has 1 heterocycles. The summed E-state index contributed by atoms with van der Waals surface area (Å²) in [6, 6.07) is 5.60. The van der Waals surface area contributed by atoms with Crippen LogP contribution in [0.4, 0.5) is 5.69 Å². The maximum atomic E-state index is 5.93. The van der Waals surface area contributed by atoms with Crippen LogP contribution in [0.25, 0.3) is 10.1 Å². The van der Waals surface area contributed by atoms with E-state index in [1.54, 1.807) is 0 Å². The molecular weight excluding hydrogens is 218 g/mol. The first-order valence-electron chi connectivity index (χ1n) is 4.32. The van der Waals surface area contributed by atoms with Crippen LogP contribution in [0.15, 0.2) is 18.2 Å². The molecule has 0 spiro atoms. The van der Waals surface area contributed by atoms with Crippen LogP contribution >= 0.6 is 22.9 Å². The summed E-state index contributed by atoms with van der Waals surface area (Å²) in [6.45, 7) is 2.60. The second kappa shape index (κ2) is 3.67. The third-order valence-electron chi connectivity index (χ3n) is 1.95. The summed E-state index contributed by atoms with van der Waals surface area (Å²) in [7, 11) is 0. The Bertz CT molecular complexity index is 466. The summed E-state index contributed by atoms with van der Waals surface area (Å²) < 4.78 is 7.24. The molecule has 0 atom stereocenters. The molecule has 0 aliphatic carbocycles. The zero-order valence-corrected chi connectivity index (χ0v) is 9.28. The topological polar surface area (TPSA) is 35.2 Å². The second-order valence-corrected chi connectivity index (χ2v) is 4.56. The molecule has 0 amide bonds. The van der Waals surface area contributed by atoms with Gasteiger partial charge in [-0.2, -0.15) is 0 Å². The van der Waals surface area contributed by atoms with Crippen LogP contribution < -0.4 is 10.5 Å². The van der Waals surface area contributed by atoms with E-state index in [1.807, 2.05) is 25.1 Å². The first-order valence-corrected chi connectivity index (χ1v) is 5.52. The van der Waals surface area contributed by atoms with Gasteiger partial charge in [-0.3, -0.25) is 0 Å². The molecule has 0 radical (unpaired) electrons. The number of fused-ring (bicyclic) bond motifs is 1. The lowest BCUT2D eigenvalue weighted by Crippen LogP contribution is -1.92. The second-order valence-electron chi connectivity index (χ2n) is 2.88. The highest BCUT2D eigenvalue weighted by Gasteiger charge is 2.08. The summed E-state index contributed by atoms with van der Waals surface area (Å²) in [4.78, 5) is 0. The van der Waals surface area contributed by atoms with E-state index in [1.165, 1.54) is 11.3 Å². The fourth-order valence-corrected chi connectivity index (χ4v) is 2.59. The fourth-order valence-electron chi connectivity index (χ4n) is 1.36. The summed E-state index contributed by atoms with van der Waals surface area (Å²) in [5, 5.41) is 0.978. The zero-order chi connectivity index (χ0) is 10.1. The predicted octanol–water partition coefficient (Wildman–Crippen LogP) is 3.54. The van der Waals surface area contributed by atoms with Gasteiger partial charge in [-0.1, -0.05) is 11.6 Å². The van der Waals surface area contributed by atoms with E-state index < -0.39 is 0 Å². The highest BCUT2D eigenvalue weighted by molar-refractivity contribution is 7.23. The van der Waals surface area contributed by atoms with Gasteiger partial charge in [-0.25, -0.2) is 0 Å². The van der Waals surface area contributed by atoms with Gasteiger partial charge in [-0.15, -0.1) is 11.3 Å². The molecule has 2 aromatic rings. The summed E-state index contributed by atoms with van der Waals surface area (Å²) in [5.41, 5.74) is 6.57. The minimum absolute atomic E-state index is 0.647. The maximum Gasteiger partial charge on any atom is 0.137 e. The summed E-state index contributed by atoms with van der Waals surface area (Å²) in [6.07, 6.45) is 0. The van der Waals surface area contributed by atoms with Gasteiger partial charge < -0.3 is 10.5 Å². The van der Waals surface area contributed by atoms with Crippen molar-refractivity contribution in [1.29, 1.82) is 0 Å². The van der Waals surface area contributed by atoms with Crippen LogP contribution in [-0.2, 0) is 0 Å². The lowest BCUT2D eigenvalue weighted by molar-refractivity contribution is 0.345. The van der Waals surface area contributed by atoms with Crippen molar-refractivity contribution in [2.75, 3.05) is 12.3 Å². The van der Waals surface area contributed by atoms with Gasteiger partial charge in [0.15, 0.2) is 0 Å². The molecule has 0 aliphatic rings. The number of thiophene rings is 1. The largest absolute Gasteiger partial charge is 0.492 e. The Kier molecular flexibility index (Phi) is 2.52. The van der Waals surface area contributed by atoms with Crippen molar-refractivity contribution in [2.24, 2.45) is 0 Å². The zero-order valence-electron chi connectivity index (χ0n) is 7.71. The SMILES string of the molecule is CCOc1ccc(N)c2cc(Cl)sc12.